The van der Waals surface area contributed by atoms with Gasteiger partial charge in [0, 0.05) is 6.54 Å². The molecule has 1 N–H and O–H groups in total. The molecule has 0 atom stereocenters. The first-order chi connectivity index (χ1) is 18.7. The van der Waals surface area contributed by atoms with Crippen molar-refractivity contribution in [2.75, 3.05) is 13.1 Å². The molecule has 0 radical (unpaired) electrons. The second kappa shape index (κ2) is 11.7. The lowest BCUT2D eigenvalue weighted by molar-refractivity contribution is -0.152. The number of Topliss-reactive ketones (excluding diaryl/α,β-unsaturated/α-hetero) is 1. The Bertz CT molecular complexity index is 1280. The van der Waals surface area contributed by atoms with E-state index in [1.807, 2.05) is 0 Å². The highest BCUT2D eigenvalue weighted by Crippen LogP contribution is 2.43. The lowest BCUT2D eigenvalue weighted by Gasteiger charge is -2.34. The van der Waals surface area contributed by atoms with Gasteiger partial charge in [-0.05, 0) is 63.5 Å². The Hall–Kier alpha value is -2.66. The van der Waals surface area contributed by atoms with Crippen molar-refractivity contribution in [1.82, 2.24) is 14.7 Å². The molecule has 1 amide bonds. The Morgan fingerprint density at radius 2 is 1.68 bits per heavy atom. The number of carbonyl (C=O) groups excluding carboxylic acids is 2. The van der Waals surface area contributed by atoms with Gasteiger partial charge < -0.3 is 10.0 Å². The zero-order chi connectivity index (χ0) is 29.4. The number of carboxylic acid groups (broad SMARTS) is 1. The van der Waals surface area contributed by atoms with Crippen molar-refractivity contribution in [1.29, 1.82) is 0 Å². The van der Waals surface area contributed by atoms with Crippen LogP contribution in [0.1, 0.15) is 90.7 Å². The van der Waals surface area contributed by atoms with Crippen LogP contribution in [0.25, 0.3) is 0 Å². The number of alkyl halides is 3. The molecule has 2 aromatic rings. The van der Waals surface area contributed by atoms with E-state index in [2.05, 4.69) is 5.10 Å². The first kappa shape index (κ1) is 30.3. The van der Waals surface area contributed by atoms with Gasteiger partial charge in [0.2, 0.25) is 0 Å². The predicted octanol–water partition coefficient (Wildman–Crippen LogP) is 7.07. The van der Waals surface area contributed by atoms with Crippen molar-refractivity contribution in [2.24, 2.45) is 11.3 Å². The molecule has 218 valence electrons. The molecule has 2 aliphatic rings. The van der Waals surface area contributed by atoms with Crippen molar-refractivity contribution in [3.63, 3.8) is 0 Å². The van der Waals surface area contributed by atoms with E-state index in [4.69, 9.17) is 23.2 Å². The quantitative estimate of drug-likeness (QED) is 0.257. The average Bonchev–Trinajstić information content (AvgIpc) is 3.53. The highest BCUT2D eigenvalue weighted by atomic mass is 35.5. The smallest absolute Gasteiger partial charge is 0.433 e. The van der Waals surface area contributed by atoms with Crippen LogP contribution in [0.5, 0.6) is 0 Å². The lowest BCUT2D eigenvalue weighted by atomic mass is 9.74. The number of carbonyl (C=O) groups is 3. The Balaban J connectivity index is 1.66. The molecule has 7 nitrogen and oxygen atoms in total. The van der Waals surface area contributed by atoms with E-state index in [1.54, 1.807) is 6.92 Å². The Morgan fingerprint density at radius 1 is 1.10 bits per heavy atom. The van der Waals surface area contributed by atoms with Gasteiger partial charge in [-0.15, -0.1) is 0 Å². The Labute approximate surface area is 238 Å². The van der Waals surface area contributed by atoms with Gasteiger partial charge in [-0.25, -0.2) is 4.39 Å². The van der Waals surface area contributed by atoms with Crippen LogP contribution in [0, 0.1) is 17.2 Å². The summed E-state index contributed by atoms with van der Waals surface area (Å²) in [5, 5.41) is 12.9. The maximum Gasteiger partial charge on any atom is 0.433 e. The number of carboxylic acids is 1. The number of amides is 1. The molecular formula is C27H29Cl2F4N3O4. The standard InChI is InChI=1S/C27H29Cl2F4N3O4/c1-26(25(39)40)8-6-17(7-9-26)36-23(27(31,32)33)18(12-34-36)24(38)35(13-15-4-2-3-5-15)14-21(37)22-19(28)10-16(30)11-20(22)29/h10-12,15,17H,2-9,13-14H2,1H3,(H,39,40). The van der Waals surface area contributed by atoms with E-state index in [1.165, 1.54) is 0 Å². The molecule has 1 aromatic carbocycles. The fourth-order valence-corrected chi connectivity index (χ4v) is 6.40. The number of halogens is 6. The molecule has 2 fully saturated rings. The fraction of sp³-hybridized carbons (Fsp3) is 0.556. The fourth-order valence-electron chi connectivity index (χ4n) is 5.73. The number of hydrogen-bond acceptors (Lipinski definition) is 4. The summed E-state index contributed by atoms with van der Waals surface area (Å²) in [6.07, 6.45) is -0.152. The Morgan fingerprint density at radius 3 is 2.20 bits per heavy atom. The lowest BCUT2D eigenvalue weighted by Crippen LogP contribution is -2.40. The van der Waals surface area contributed by atoms with Crippen LogP contribution in [0.4, 0.5) is 17.6 Å². The summed E-state index contributed by atoms with van der Waals surface area (Å²) in [5.41, 5.74) is -3.18. The van der Waals surface area contributed by atoms with Crippen LogP contribution in [0.2, 0.25) is 10.0 Å². The van der Waals surface area contributed by atoms with Crippen LogP contribution in [0.15, 0.2) is 18.3 Å². The van der Waals surface area contributed by atoms with Gasteiger partial charge in [0.05, 0.1) is 45.4 Å². The maximum atomic E-state index is 14.4. The molecule has 1 aromatic heterocycles. The van der Waals surface area contributed by atoms with Crippen LogP contribution in [-0.4, -0.2) is 50.5 Å². The largest absolute Gasteiger partial charge is 0.481 e. The number of aliphatic carboxylic acids is 1. The molecule has 0 spiro atoms. The monoisotopic (exact) mass is 605 g/mol. The van der Waals surface area contributed by atoms with Crippen LogP contribution < -0.4 is 0 Å². The predicted molar refractivity (Wildman–Crippen MR) is 139 cm³/mol. The molecule has 2 aliphatic carbocycles. The third kappa shape index (κ3) is 6.30. The number of aromatic nitrogens is 2. The minimum atomic E-state index is -4.94. The normalized spacial score (nSPS) is 21.9. The van der Waals surface area contributed by atoms with E-state index >= 15 is 0 Å². The van der Waals surface area contributed by atoms with Gasteiger partial charge in [0.1, 0.15) is 5.82 Å². The van der Waals surface area contributed by atoms with Crippen LogP contribution >= 0.6 is 23.2 Å². The molecule has 0 saturated heterocycles. The van der Waals surface area contributed by atoms with Gasteiger partial charge in [-0.1, -0.05) is 36.0 Å². The number of hydrogen-bond donors (Lipinski definition) is 1. The van der Waals surface area contributed by atoms with Crippen LogP contribution in [-0.2, 0) is 11.0 Å². The Kier molecular flexibility index (Phi) is 8.85. The van der Waals surface area contributed by atoms with E-state index in [9.17, 15) is 37.1 Å². The summed E-state index contributed by atoms with van der Waals surface area (Å²) >= 11 is 12.1. The average molecular weight is 606 g/mol. The van der Waals surface area contributed by atoms with Crippen molar-refractivity contribution in [3.8, 4) is 0 Å². The summed E-state index contributed by atoms with van der Waals surface area (Å²) in [6.45, 7) is 0.999. The van der Waals surface area contributed by atoms with E-state index < -0.39 is 58.9 Å². The zero-order valence-electron chi connectivity index (χ0n) is 21.7. The summed E-state index contributed by atoms with van der Waals surface area (Å²) < 4.78 is 57.7. The van der Waals surface area contributed by atoms with Crippen LogP contribution in [0.3, 0.4) is 0 Å². The minimum Gasteiger partial charge on any atom is -0.481 e. The molecule has 0 bridgehead atoms. The second-order valence-electron chi connectivity index (χ2n) is 10.9. The number of nitrogens with zero attached hydrogens (tertiary/aromatic N) is 3. The van der Waals surface area contributed by atoms with Crippen molar-refractivity contribution < 1.29 is 37.1 Å². The van der Waals surface area contributed by atoms with Gasteiger partial charge in [0.15, 0.2) is 11.5 Å². The van der Waals surface area contributed by atoms with Crippen molar-refractivity contribution in [3.05, 3.63) is 51.0 Å². The summed E-state index contributed by atoms with van der Waals surface area (Å²) in [4.78, 5) is 39.5. The first-order valence-corrected chi connectivity index (χ1v) is 13.8. The molecule has 2 saturated carbocycles. The minimum absolute atomic E-state index is 0.00710. The van der Waals surface area contributed by atoms with Crippen molar-refractivity contribution in [2.45, 2.75) is 70.5 Å². The summed E-state index contributed by atoms with van der Waals surface area (Å²) in [7, 11) is 0. The third-order valence-electron chi connectivity index (χ3n) is 8.08. The summed E-state index contributed by atoms with van der Waals surface area (Å²) in [6, 6.07) is 1.05. The molecule has 0 aliphatic heterocycles. The molecule has 40 heavy (non-hydrogen) atoms. The van der Waals surface area contributed by atoms with Gasteiger partial charge >= 0.3 is 12.1 Å². The molecule has 1 heterocycles. The highest BCUT2D eigenvalue weighted by molar-refractivity contribution is 6.40. The molecular weight excluding hydrogens is 577 g/mol. The van der Waals surface area contributed by atoms with Gasteiger partial charge in [0.25, 0.3) is 5.91 Å². The van der Waals surface area contributed by atoms with E-state index in [0.717, 1.165) is 53.6 Å². The summed E-state index contributed by atoms with van der Waals surface area (Å²) in [5.74, 6) is -3.53. The maximum absolute atomic E-state index is 14.4. The van der Waals surface area contributed by atoms with E-state index in [-0.39, 0.29) is 53.8 Å². The number of ketones is 1. The van der Waals surface area contributed by atoms with Gasteiger partial charge in [-0.3, -0.25) is 19.1 Å². The first-order valence-electron chi connectivity index (χ1n) is 13.1. The van der Waals surface area contributed by atoms with E-state index in [0.29, 0.717) is 0 Å². The van der Waals surface area contributed by atoms with Crippen molar-refractivity contribution >= 4 is 40.9 Å². The van der Waals surface area contributed by atoms with Gasteiger partial charge in [-0.2, -0.15) is 18.3 Å². The number of rotatable bonds is 8. The zero-order valence-corrected chi connectivity index (χ0v) is 23.3. The SMILES string of the molecule is CC1(C(=O)O)CCC(n2ncc(C(=O)N(CC(=O)c3c(Cl)cc(F)cc3Cl)CC3CCCC3)c2C(F)(F)F)CC1. The molecule has 4 rings (SSSR count). The molecule has 13 heteroatoms. The number of benzene rings is 1. The third-order valence-corrected chi connectivity index (χ3v) is 8.67. The highest BCUT2D eigenvalue weighted by Gasteiger charge is 2.45. The topological polar surface area (TPSA) is 92.5 Å². The molecule has 0 unspecified atom stereocenters. The second-order valence-corrected chi connectivity index (χ2v) is 11.8.